The highest BCUT2D eigenvalue weighted by molar-refractivity contribution is 6.34. The number of hydrogen-bond acceptors (Lipinski definition) is 4. The van der Waals surface area contributed by atoms with E-state index in [2.05, 4.69) is 10.6 Å². The molecule has 1 saturated heterocycles. The van der Waals surface area contributed by atoms with Crippen molar-refractivity contribution in [1.29, 1.82) is 0 Å². The van der Waals surface area contributed by atoms with Crippen molar-refractivity contribution < 1.29 is 14.5 Å². The van der Waals surface area contributed by atoms with Gasteiger partial charge in [0.05, 0.1) is 15.5 Å². The quantitative estimate of drug-likeness (QED) is 0.645. The van der Waals surface area contributed by atoms with Crippen LogP contribution in [0.2, 0.25) is 5.02 Å². The number of benzene rings is 2. The van der Waals surface area contributed by atoms with Gasteiger partial charge in [0.1, 0.15) is 0 Å². The summed E-state index contributed by atoms with van der Waals surface area (Å²) >= 11 is 5.95. The first kappa shape index (κ1) is 16.7. The lowest BCUT2D eigenvalue weighted by Crippen LogP contribution is -2.27. The molecule has 2 aromatic rings. The van der Waals surface area contributed by atoms with E-state index in [1.807, 2.05) is 0 Å². The van der Waals surface area contributed by atoms with Crippen LogP contribution in [0.4, 0.5) is 21.9 Å². The number of nitrogens with zero attached hydrogens (tertiary/aromatic N) is 2. The van der Waals surface area contributed by atoms with E-state index < -0.39 is 10.8 Å². The van der Waals surface area contributed by atoms with Crippen LogP contribution in [0.25, 0.3) is 0 Å². The maximum absolute atomic E-state index is 12.3. The lowest BCUT2D eigenvalue weighted by atomic mass is 10.1. The average molecular weight is 361 g/mol. The van der Waals surface area contributed by atoms with Gasteiger partial charge >= 0.3 is 6.03 Å². The molecular weight excluding hydrogens is 348 g/mol. The molecule has 0 unspecified atom stereocenters. The fourth-order valence-corrected chi connectivity index (χ4v) is 2.65. The van der Waals surface area contributed by atoms with Crippen LogP contribution < -0.4 is 15.5 Å². The Hall–Kier alpha value is -3.13. The summed E-state index contributed by atoms with van der Waals surface area (Å²) in [4.78, 5) is 35.8. The molecule has 1 aliphatic heterocycles. The Morgan fingerprint density at radius 3 is 2.56 bits per heavy atom. The van der Waals surface area contributed by atoms with Gasteiger partial charge in [-0.2, -0.15) is 0 Å². The first-order chi connectivity index (χ1) is 12.0. The first-order valence-corrected chi connectivity index (χ1v) is 7.74. The lowest BCUT2D eigenvalue weighted by Gasteiger charge is -2.14. The second kappa shape index (κ2) is 6.78. The summed E-state index contributed by atoms with van der Waals surface area (Å²) in [5.41, 5.74) is 0.987. The molecule has 0 spiro atoms. The highest BCUT2D eigenvalue weighted by Crippen LogP contribution is 2.24. The minimum atomic E-state index is -0.594. The molecule has 0 atom stereocenters. The molecule has 3 amide bonds. The molecule has 9 heteroatoms. The van der Waals surface area contributed by atoms with Gasteiger partial charge in [0, 0.05) is 36.6 Å². The van der Waals surface area contributed by atoms with Crippen LogP contribution in [0.3, 0.4) is 0 Å². The fourth-order valence-electron chi connectivity index (χ4n) is 2.44. The second-order valence-corrected chi connectivity index (χ2v) is 5.71. The predicted molar refractivity (Wildman–Crippen MR) is 93.2 cm³/mol. The van der Waals surface area contributed by atoms with Gasteiger partial charge in [0.2, 0.25) is 0 Å². The third-order valence-corrected chi connectivity index (χ3v) is 4.03. The molecule has 0 aliphatic carbocycles. The number of nitrogens with one attached hydrogen (secondary N) is 2. The number of carbonyl (C=O) groups excluding carboxylic acids is 2. The minimum Gasteiger partial charge on any atom is -0.336 e. The summed E-state index contributed by atoms with van der Waals surface area (Å²) in [6.45, 7) is 1.16. The molecule has 3 rings (SSSR count). The number of urea groups is 1. The Morgan fingerprint density at radius 2 is 1.96 bits per heavy atom. The Bertz CT molecular complexity index is 854. The molecule has 0 aromatic heterocycles. The van der Waals surface area contributed by atoms with Crippen LogP contribution in [0.1, 0.15) is 10.4 Å². The van der Waals surface area contributed by atoms with E-state index in [0.29, 0.717) is 24.5 Å². The highest BCUT2D eigenvalue weighted by atomic mass is 35.5. The number of anilines is 2. The van der Waals surface area contributed by atoms with Crippen LogP contribution in [-0.2, 0) is 0 Å². The first-order valence-electron chi connectivity index (χ1n) is 7.36. The number of nitro benzene ring substituents is 1. The average Bonchev–Trinajstić information content (AvgIpc) is 3.01. The Labute approximate surface area is 147 Å². The number of nitro groups is 1. The predicted octanol–water partition coefficient (Wildman–Crippen LogP) is 3.03. The third-order valence-electron chi connectivity index (χ3n) is 3.70. The SMILES string of the molecule is O=C(Nc1ccc(N2CCNC2=O)cc1)c1cc([N+](=O)[O-])ccc1Cl. The summed E-state index contributed by atoms with van der Waals surface area (Å²) in [5.74, 6) is -0.555. The maximum atomic E-state index is 12.3. The zero-order chi connectivity index (χ0) is 18.0. The molecule has 0 radical (unpaired) electrons. The van der Waals surface area contributed by atoms with Crippen molar-refractivity contribution in [3.05, 3.63) is 63.2 Å². The van der Waals surface area contributed by atoms with Gasteiger partial charge in [-0.15, -0.1) is 0 Å². The summed E-state index contributed by atoms with van der Waals surface area (Å²) in [5, 5.41) is 16.3. The van der Waals surface area contributed by atoms with Crippen molar-refractivity contribution in [2.24, 2.45) is 0 Å². The Balaban J connectivity index is 1.76. The van der Waals surface area contributed by atoms with Crippen LogP contribution in [-0.4, -0.2) is 30.0 Å². The number of non-ortho nitro benzene ring substituents is 1. The van der Waals surface area contributed by atoms with Crippen molar-refractivity contribution in [3.8, 4) is 0 Å². The standard InChI is InChI=1S/C16H13ClN4O4/c17-14-6-5-12(21(24)25)9-13(14)15(22)19-10-1-3-11(4-2-10)20-8-7-18-16(20)23/h1-6,9H,7-8H2,(H,18,23)(H,19,22). The summed E-state index contributed by atoms with van der Waals surface area (Å²) in [7, 11) is 0. The fraction of sp³-hybridized carbons (Fsp3) is 0.125. The topological polar surface area (TPSA) is 105 Å². The molecule has 25 heavy (non-hydrogen) atoms. The van der Waals surface area contributed by atoms with Crippen molar-refractivity contribution >= 4 is 40.6 Å². The van der Waals surface area contributed by atoms with E-state index >= 15 is 0 Å². The van der Waals surface area contributed by atoms with Gasteiger partial charge in [-0.1, -0.05) is 11.6 Å². The molecule has 1 heterocycles. The summed E-state index contributed by atoms with van der Waals surface area (Å²) < 4.78 is 0. The number of hydrogen-bond donors (Lipinski definition) is 2. The van der Waals surface area contributed by atoms with Gasteiger partial charge in [0.25, 0.3) is 11.6 Å². The normalized spacial score (nSPS) is 13.5. The third kappa shape index (κ3) is 3.53. The number of amides is 3. The molecule has 1 fully saturated rings. The molecule has 2 N–H and O–H groups in total. The summed E-state index contributed by atoms with van der Waals surface area (Å²) in [6.07, 6.45) is 0. The number of rotatable bonds is 4. The van der Waals surface area contributed by atoms with Crippen LogP contribution in [0, 0.1) is 10.1 Å². The maximum Gasteiger partial charge on any atom is 0.321 e. The van der Waals surface area contributed by atoms with Crippen LogP contribution in [0.15, 0.2) is 42.5 Å². The van der Waals surface area contributed by atoms with Gasteiger partial charge in [-0.3, -0.25) is 19.8 Å². The van der Waals surface area contributed by atoms with E-state index in [1.165, 1.54) is 12.1 Å². The minimum absolute atomic E-state index is 0.0128. The van der Waals surface area contributed by atoms with Crippen molar-refractivity contribution in [2.45, 2.75) is 0 Å². The van der Waals surface area contributed by atoms with Crippen molar-refractivity contribution in [3.63, 3.8) is 0 Å². The van der Waals surface area contributed by atoms with E-state index in [0.717, 1.165) is 6.07 Å². The molecule has 1 aliphatic rings. The highest BCUT2D eigenvalue weighted by Gasteiger charge is 2.21. The Kier molecular flexibility index (Phi) is 4.53. The van der Waals surface area contributed by atoms with Crippen molar-refractivity contribution in [1.82, 2.24) is 5.32 Å². The number of halogens is 1. The smallest absolute Gasteiger partial charge is 0.321 e. The van der Waals surface area contributed by atoms with E-state index in [1.54, 1.807) is 29.2 Å². The van der Waals surface area contributed by atoms with Gasteiger partial charge in [0.15, 0.2) is 0 Å². The van der Waals surface area contributed by atoms with Crippen molar-refractivity contribution in [2.75, 3.05) is 23.3 Å². The molecule has 8 nitrogen and oxygen atoms in total. The van der Waals surface area contributed by atoms with E-state index in [4.69, 9.17) is 11.6 Å². The van der Waals surface area contributed by atoms with Crippen LogP contribution in [0.5, 0.6) is 0 Å². The monoisotopic (exact) mass is 360 g/mol. The molecule has 0 bridgehead atoms. The largest absolute Gasteiger partial charge is 0.336 e. The van der Waals surface area contributed by atoms with Gasteiger partial charge in [-0.05, 0) is 30.3 Å². The zero-order valence-electron chi connectivity index (χ0n) is 12.9. The second-order valence-electron chi connectivity index (χ2n) is 5.31. The zero-order valence-corrected chi connectivity index (χ0v) is 13.6. The summed E-state index contributed by atoms with van der Waals surface area (Å²) in [6, 6.07) is 10.2. The van der Waals surface area contributed by atoms with Crippen LogP contribution >= 0.6 is 11.6 Å². The number of carbonyl (C=O) groups is 2. The van der Waals surface area contributed by atoms with Gasteiger partial charge in [-0.25, -0.2) is 4.79 Å². The molecular formula is C16H13ClN4O4. The molecule has 2 aromatic carbocycles. The van der Waals surface area contributed by atoms with E-state index in [-0.39, 0.29) is 22.3 Å². The van der Waals surface area contributed by atoms with Gasteiger partial charge < -0.3 is 10.6 Å². The molecule has 128 valence electrons. The lowest BCUT2D eigenvalue weighted by molar-refractivity contribution is -0.384. The molecule has 0 saturated carbocycles. The Morgan fingerprint density at radius 1 is 1.24 bits per heavy atom. The van der Waals surface area contributed by atoms with E-state index in [9.17, 15) is 19.7 Å².